The molecular formula is C15H12BrN3S. The molecule has 0 fully saturated rings. The van der Waals surface area contributed by atoms with Gasteiger partial charge in [0.2, 0.25) is 5.13 Å². The van der Waals surface area contributed by atoms with Crippen LogP contribution in [0.4, 0.5) is 5.13 Å². The van der Waals surface area contributed by atoms with Crippen molar-refractivity contribution >= 4 is 49.4 Å². The van der Waals surface area contributed by atoms with E-state index in [-0.39, 0.29) is 0 Å². The van der Waals surface area contributed by atoms with E-state index in [4.69, 9.17) is 0 Å². The van der Waals surface area contributed by atoms with Crippen LogP contribution in [0.3, 0.4) is 0 Å². The van der Waals surface area contributed by atoms with Crippen LogP contribution in [0.5, 0.6) is 0 Å². The van der Waals surface area contributed by atoms with E-state index in [9.17, 15) is 0 Å². The molecule has 0 aliphatic rings. The maximum absolute atomic E-state index is 4.29. The molecular weight excluding hydrogens is 334 g/mol. The Balaban J connectivity index is 1.83. The number of aryl methyl sites for hydroxylation is 1. The fourth-order valence-corrected chi connectivity index (χ4v) is 3.19. The number of nitrogens with zero attached hydrogens (tertiary/aromatic N) is 2. The second kappa shape index (κ2) is 5.73. The van der Waals surface area contributed by atoms with Crippen LogP contribution in [-0.2, 0) is 0 Å². The lowest BCUT2D eigenvalue weighted by Gasteiger charge is -2.02. The molecule has 1 N–H and O–H groups in total. The van der Waals surface area contributed by atoms with Crippen molar-refractivity contribution in [1.29, 1.82) is 0 Å². The van der Waals surface area contributed by atoms with Gasteiger partial charge in [-0.1, -0.05) is 40.2 Å². The molecule has 5 heteroatoms. The summed E-state index contributed by atoms with van der Waals surface area (Å²) in [6, 6.07) is 12.4. The molecule has 1 heterocycles. The highest BCUT2D eigenvalue weighted by Crippen LogP contribution is 2.25. The molecule has 0 radical (unpaired) electrons. The first-order valence-electron chi connectivity index (χ1n) is 6.12. The predicted octanol–water partition coefficient (Wildman–Crippen LogP) is 4.81. The molecule has 0 atom stereocenters. The third-order valence-electron chi connectivity index (χ3n) is 2.83. The quantitative estimate of drug-likeness (QED) is 0.546. The number of nitrogens with one attached hydrogen (secondary N) is 1. The number of thiazole rings is 1. The number of hydrogen-bond acceptors (Lipinski definition) is 4. The Bertz CT molecular complexity index is 780. The molecule has 0 aliphatic heterocycles. The maximum atomic E-state index is 4.29. The van der Waals surface area contributed by atoms with Crippen LogP contribution in [0.15, 0.2) is 51.4 Å². The summed E-state index contributed by atoms with van der Waals surface area (Å²) in [4.78, 5) is 4.29. The van der Waals surface area contributed by atoms with E-state index in [1.54, 1.807) is 17.6 Å². The molecule has 3 aromatic rings. The topological polar surface area (TPSA) is 37.3 Å². The largest absolute Gasteiger partial charge is 0.253 e. The normalized spacial score (nSPS) is 11.3. The van der Waals surface area contributed by atoms with Crippen molar-refractivity contribution < 1.29 is 0 Å². The molecule has 0 saturated heterocycles. The minimum Gasteiger partial charge on any atom is -0.253 e. The summed E-state index contributed by atoms with van der Waals surface area (Å²) in [5, 5.41) is 9.41. The van der Waals surface area contributed by atoms with Crippen molar-refractivity contribution in [3.05, 3.63) is 57.5 Å². The van der Waals surface area contributed by atoms with Crippen molar-refractivity contribution in [2.75, 3.05) is 5.43 Å². The van der Waals surface area contributed by atoms with E-state index in [0.717, 1.165) is 20.9 Å². The Morgan fingerprint density at radius 1 is 1.30 bits per heavy atom. The van der Waals surface area contributed by atoms with Gasteiger partial charge in [-0.2, -0.15) is 5.10 Å². The smallest absolute Gasteiger partial charge is 0.203 e. The van der Waals surface area contributed by atoms with Gasteiger partial charge in [0.05, 0.1) is 11.9 Å². The molecule has 100 valence electrons. The lowest BCUT2D eigenvalue weighted by atomic mass is 10.1. The Labute approximate surface area is 129 Å². The predicted molar refractivity (Wildman–Crippen MR) is 89.7 cm³/mol. The molecule has 0 saturated carbocycles. The monoisotopic (exact) mass is 345 g/mol. The highest BCUT2D eigenvalue weighted by Gasteiger charge is 2.00. The number of aromatic nitrogens is 1. The number of fused-ring (bicyclic) bond motifs is 1. The second-order valence-electron chi connectivity index (χ2n) is 4.39. The second-order valence-corrected chi connectivity index (χ2v) is 6.10. The van der Waals surface area contributed by atoms with Crippen LogP contribution in [0.2, 0.25) is 0 Å². The SMILES string of the molecule is Cc1csc(NN=Cc2cc(Br)c3ccccc3c2)n1. The standard InChI is InChI=1S/C15H12BrN3S/c1-10-9-20-15(18-10)19-17-8-11-6-12-4-2-3-5-13(12)14(16)7-11/h2-9H,1H3,(H,18,19). The summed E-state index contributed by atoms with van der Waals surface area (Å²) < 4.78 is 1.07. The lowest BCUT2D eigenvalue weighted by Crippen LogP contribution is -1.90. The molecule has 3 rings (SSSR count). The number of hydrazone groups is 1. The van der Waals surface area contributed by atoms with Crippen molar-refractivity contribution in [2.45, 2.75) is 6.92 Å². The van der Waals surface area contributed by atoms with E-state index in [1.807, 2.05) is 24.4 Å². The van der Waals surface area contributed by atoms with Crippen LogP contribution in [0.25, 0.3) is 10.8 Å². The molecule has 0 amide bonds. The van der Waals surface area contributed by atoms with Gasteiger partial charge >= 0.3 is 0 Å². The number of anilines is 1. The number of halogens is 1. The van der Waals surface area contributed by atoms with Gasteiger partial charge in [0.25, 0.3) is 0 Å². The lowest BCUT2D eigenvalue weighted by molar-refractivity contribution is 1.22. The summed E-state index contributed by atoms with van der Waals surface area (Å²) >= 11 is 5.14. The van der Waals surface area contributed by atoms with E-state index >= 15 is 0 Å². The van der Waals surface area contributed by atoms with Gasteiger partial charge in [-0.25, -0.2) is 4.98 Å². The summed E-state index contributed by atoms with van der Waals surface area (Å²) in [7, 11) is 0. The Morgan fingerprint density at radius 2 is 2.15 bits per heavy atom. The zero-order chi connectivity index (χ0) is 13.9. The molecule has 1 aromatic heterocycles. The third kappa shape index (κ3) is 2.89. The van der Waals surface area contributed by atoms with E-state index in [2.05, 4.69) is 55.7 Å². The van der Waals surface area contributed by atoms with E-state index < -0.39 is 0 Å². The first kappa shape index (κ1) is 13.3. The van der Waals surface area contributed by atoms with Gasteiger partial charge in [0.1, 0.15) is 0 Å². The van der Waals surface area contributed by atoms with Crippen LogP contribution in [-0.4, -0.2) is 11.2 Å². The summed E-state index contributed by atoms with van der Waals surface area (Å²) in [5.41, 5.74) is 4.98. The van der Waals surface area contributed by atoms with Gasteiger partial charge < -0.3 is 0 Å². The molecule has 2 aromatic carbocycles. The van der Waals surface area contributed by atoms with Gasteiger partial charge in [-0.3, -0.25) is 5.43 Å². The molecule has 3 nitrogen and oxygen atoms in total. The Morgan fingerprint density at radius 3 is 2.95 bits per heavy atom. The first-order chi connectivity index (χ1) is 9.72. The highest BCUT2D eigenvalue weighted by atomic mass is 79.9. The minimum absolute atomic E-state index is 0.804. The summed E-state index contributed by atoms with van der Waals surface area (Å²) in [6.45, 7) is 1.96. The Kier molecular flexibility index (Phi) is 3.80. The van der Waals surface area contributed by atoms with Crippen LogP contribution in [0.1, 0.15) is 11.3 Å². The van der Waals surface area contributed by atoms with Gasteiger partial charge in [0.15, 0.2) is 0 Å². The third-order valence-corrected chi connectivity index (χ3v) is 4.35. The highest BCUT2D eigenvalue weighted by molar-refractivity contribution is 9.10. The average Bonchev–Trinajstić information content (AvgIpc) is 2.85. The fraction of sp³-hybridized carbons (Fsp3) is 0.0667. The molecule has 0 aliphatic carbocycles. The first-order valence-corrected chi connectivity index (χ1v) is 7.79. The van der Waals surface area contributed by atoms with Crippen LogP contribution in [0, 0.1) is 6.92 Å². The zero-order valence-corrected chi connectivity index (χ0v) is 13.2. The van der Waals surface area contributed by atoms with E-state index in [0.29, 0.717) is 0 Å². The van der Waals surface area contributed by atoms with Crippen molar-refractivity contribution in [2.24, 2.45) is 5.10 Å². The maximum Gasteiger partial charge on any atom is 0.203 e. The average molecular weight is 346 g/mol. The molecule has 0 bridgehead atoms. The zero-order valence-electron chi connectivity index (χ0n) is 10.8. The molecule has 20 heavy (non-hydrogen) atoms. The molecule has 0 spiro atoms. The van der Waals surface area contributed by atoms with Crippen molar-refractivity contribution in [1.82, 2.24) is 4.98 Å². The minimum atomic E-state index is 0.804. The van der Waals surface area contributed by atoms with Crippen molar-refractivity contribution in [3.8, 4) is 0 Å². The van der Waals surface area contributed by atoms with Gasteiger partial charge in [-0.15, -0.1) is 11.3 Å². The van der Waals surface area contributed by atoms with Gasteiger partial charge in [-0.05, 0) is 35.4 Å². The summed E-state index contributed by atoms with van der Waals surface area (Å²) in [6.07, 6.45) is 1.80. The number of hydrogen-bond donors (Lipinski definition) is 1. The van der Waals surface area contributed by atoms with Crippen molar-refractivity contribution in [3.63, 3.8) is 0 Å². The van der Waals surface area contributed by atoms with Gasteiger partial charge in [0, 0.05) is 9.85 Å². The number of rotatable bonds is 3. The van der Waals surface area contributed by atoms with Crippen LogP contribution < -0.4 is 5.43 Å². The van der Waals surface area contributed by atoms with E-state index in [1.165, 1.54) is 10.8 Å². The fourth-order valence-electron chi connectivity index (χ4n) is 1.93. The number of benzene rings is 2. The summed E-state index contributed by atoms with van der Waals surface area (Å²) in [5.74, 6) is 0. The Hall–Kier alpha value is -1.72. The van der Waals surface area contributed by atoms with Crippen LogP contribution >= 0.6 is 27.3 Å². The molecule has 0 unspecified atom stereocenters.